The summed E-state index contributed by atoms with van der Waals surface area (Å²) in [6, 6.07) is 11.6. The number of carbonyl (C=O) groups excluding carboxylic acids is 2. The average Bonchev–Trinajstić information content (AvgIpc) is 3.45. The van der Waals surface area contributed by atoms with E-state index >= 15 is 0 Å². The Kier molecular flexibility index (Phi) is 6.61. The Labute approximate surface area is 166 Å². The molecule has 2 aliphatic heterocycles. The van der Waals surface area contributed by atoms with Crippen molar-refractivity contribution in [1.29, 1.82) is 0 Å². The van der Waals surface area contributed by atoms with Gasteiger partial charge in [-0.15, -0.1) is 11.8 Å². The van der Waals surface area contributed by atoms with Crippen LogP contribution in [0.3, 0.4) is 0 Å². The number of rotatable bonds is 4. The van der Waals surface area contributed by atoms with Crippen LogP contribution in [0, 0.1) is 0 Å². The SMILES string of the molecule is CC.O=C(NCc1ccccc1)c1cc(C(=O)N2CCCC2)n2c1SCC2.[HH]. The molecule has 0 atom stereocenters. The molecule has 1 aromatic carbocycles. The predicted molar refractivity (Wildman–Crippen MR) is 111 cm³/mol. The third-order valence-electron chi connectivity index (χ3n) is 4.75. The van der Waals surface area contributed by atoms with Crippen molar-refractivity contribution in [2.45, 2.75) is 44.8 Å². The van der Waals surface area contributed by atoms with Gasteiger partial charge in [-0.3, -0.25) is 9.59 Å². The summed E-state index contributed by atoms with van der Waals surface area (Å²) in [6.07, 6.45) is 2.14. The molecule has 1 aromatic heterocycles. The van der Waals surface area contributed by atoms with Gasteiger partial charge in [0.1, 0.15) is 5.69 Å². The van der Waals surface area contributed by atoms with E-state index in [0.29, 0.717) is 17.8 Å². The maximum absolute atomic E-state index is 12.8. The van der Waals surface area contributed by atoms with E-state index in [0.717, 1.165) is 48.8 Å². The molecule has 5 nitrogen and oxygen atoms in total. The first kappa shape index (κ1) is 19.5. The Balaban J connectivity index is 0.000000906. The topological polar surface area (TPSA) is 54.3 Å². The first-order chi connectivity index (χ1) is 13.2. The van der Waals surface area contributed by atoms with Gasteiger partial charge >= 0.3 is 0 Å². The van der Waals surface area contributed by atoms with E-state index in [9.17, 15) is 9.59 Å². The highest BCUT2D eigenvalue weighted by Crippen LogP contribution is 2.33. The zero-order valence-electron chi connectivity index (χ0n) is 16.0. The Morgan fingerprint density at radius 1 is 1.11 bits per heavy atom. The molecule has 27 heavy (non-hydrogen) atoms. The highest BCUT2D eigenvalue weighted by atomic mass is 32.2. The van der Waals surface area contributed by atoms with Crippen LogP contribution < -0.4 is 5.32 Å². The normalized spacial score (nSPS) is 15.1. The largest absolute Gasteiger partial charge is 0.348 e. The van der Waals surface area contributed by atoms with E-state index in [-0.39, 0.29) is 13.2 Å². The molecule has 2 amide bonds. The summed E-state index contributed by atoms with van der Waals surface area (Å²) in [4.78, 5) is 27.4. The van der Waals surface area contributed by atoms with Crippen molar-refractivity contribution in [2.75, 3.05) is 18.8 Å². The van der Waals surface area contributed by atoms with Gasteiger partial charge in [0.25, 0.3) is 11.8 Å². The molecule has 3 heterocycles. The monoisotopic (exact) mass is 387 g/mol. The Bertz CT molecular complexity index is 801. The number of aromatic nitrogens is 1. The minimum atomic E-state index is -0.109. The summed E-state index contributed by atoms with van der Waals surface area (Å²) in [5.41, 5.74) is 2.35. The molecule has 0 spiro atoms. The standard InChI is InChI=1S/C19H21N3O2S.C2H6.H2/c23-17(20-13-14-6-2-1-3-7-14)15-12-16(22-10-11-25-19(15)22)18(24)21-8-4-5-9-21;1-2;/h1-3,6-7,12H,4-5,8-11,13H2,(H,20,23);1-2H3;1H. The minimum absolute atomic E-state index is 0. The molecule has 1 fully saturated rings. The number of carbonyl (C=O) groups is 2. The molecule has 1 N–H and O–H groups in total. The van der Waals surface area contributed by atoms with Crippen LogP contribution in [0.5, 0.6) is 0 Å². The van der Waals surface area contributed by atoms with E-state index in [1.54, 1.807) is 17.8 Å². The van der Waals surface area contributed by atoms with Gasteiger partial charge in [0.2, 0.25) is 0 Å². The highest BCUT2D eigenvalue weighted by molar-refractivity contribution is 7.99. The van der Waals surface area contributed by atoms with Crippen molar-refractivity contribution in [3.8, 4) is 0 Å². The summed E-state index contributed by atoms with van der Waals surface area (Å²) < 4.78 is 2.02. The number of nitrogens with one attached hydrogen (secondary N) is 1. The molecule has 6 heteroatoms. The highest BCUT2D eigenvalue weighted by Gasteiger charge is 2.30. The van der Waals surface area contributed by atoms with Crippen LogP contribution in [0.1, 0.15) is 54.5 Å². The number of amides is 2. The third kappa shape index (κ3) is 4.21. The quantitative estimate of drug-likeness (QED) is 0.862. The maximum atomic E-state index is 12.8. The van der Waals surface area contributed by atoms with Gasteiger partial charge < -0.3 is 14.8 Å². The summed E-state index contributed by atoms with van der Waals surface area (Å²) in [7, 11) is 0. The van der Waals surface area contributed by atoms with Crippen LogP contribution in [0.4, 0.5) is 0 Å². The van der Waals surface area contributed by atoms with Gasteiger partial charge in [0.15, 0.2) is 0 Å². The second kappa shape index (κ2) is 9.13. The number of thioether (sulfide) groups is 1. The lowest BCUT2D eigenvalue weighted by Gasteiger charge is -2.15. The maximum Gasteiger partial charge on any atom is 0.270 e. The van der Waals surface area contributed by atoms with E-state index in [1.807, 2.05) is 53.6 Å². The predicted octanol–water partition coefficient (Wildman–Crippen LogP) is 4.03. The lowest BCUT2D eigenvalue weighted by molar-refractivity contribution is 0.0781. The van der Waals surface area contributed by atoms with E-state index in [4.69, 9.17) is 0 Å². The van der Waals surface area contributed by atoms with Crippen molar-refractivity contribution in [1.82, 2.24) is 14.8 Å². The molecular weight excluding hydrogens is 358 g/mol. The fourth-order valence-corrected chi connectivity index (χ4v) is 4.56. The van der Waals surface area contributed by atoms with Crippen LogP contribution in [0.15, 0.2) is 41.4 Å². The molecule has 2 aromatic rings. The van der Waals surface area contributed by atoms with Crippen molar-refractivity contribution < 1.29 is 11.0 Å². The molecule has 0 unspecified atom stereocenters. The summed E-state index contributed by atoms with van der Waals surface area (Å²) in [5, 5.41) is 3.90. The average molecular weight is 388 g/mol. The zero-order valence-corrected chi connectivity index (χ0v) is 16.8. The molecule has 1 saturated heterocycles. The lowest BCUT2D eigenvalue weighted by Crippen LogP contribution is -2.29. The molecule has 2 aliphatic rings. The van der Waals surface area contributed by atoms with Crippen molar-refractivity contribution >= 4 is 23.6 Å². The fourth-order valence-electron chi connectivity index (χ4n) is 3.44. The number of likely N-dealkylation sites (tertiary alicyclic amines) is 1. The molecule has 4 rings (SSSR count). The van der Waals surface area contributed by atoms with Gasteiger partial charge in [-0.25, -0.2) is 0 Å². The van der Waals surface area contributed by atoms with Crippen LogP contribution in [0.2, 0.25) is 0 Å². The lowest BCUT2D eigenvalue weighted by atomic mass is 10.2. The van der Waals surface area contributed by atoms with Gasteiger partial charge in [0.05, 0.1) is 10.6 Å². The minimum Gasteiger partial charge on any atom is -0.348 e. The summed E-state index contributed by atoms with van der Waals surface area (Å²) in [5.74, 6) is 0.862. The van der Waals surface area contributed by atoms with Crippen LogP contribution in [-0.4, -0.2) is 40.1 Å². The van der Waals surface area contributed by atoms with Crippen LogP contribution >= 0.6 is 11.8 Å². The van der Waals surface area contributed by atoms with Crippen LogP contribution in [0.25, 0.3) is 0 Å². The number of nitrogens with zero attached hydrogens (tertiary/aromatic N) is 2. The molecule has 0 saturated carbocycles. The van der Waals surface area contributed by atoms with Crippen molar-refractivity contribution in [2.24, 2.45) is 0 Å². The summed E-state index contributed by atoms with van der Waals surface area (Å²) >= 11 is 1.66. The van der Waals surface area contributed by atoms with Gasteiger partial charge in [-0.05, 0) is 24.5 Å². The third-order valence-corrected chi connectivity index (χ3v) is 5.85. The van der Waals surface area contributed by atoms with E-state index in [1.165, 1.54) is 0 Å². The fraction of sp³-hybridized carbons (Fsp3) is 0.429. The van der Waals surface area contributed by atoms with E-state index in [2.05, 4.69) is 5.32 Å². The van der Waals surface area contributed by atoms with Crippen molar-refractivity contribution in [3.63, 3.8) is 0 Å². The Morgan fingerprint density at radius 2 is 1.81 bits per heavy atom. The van der Waals surface area contributed by atoms with Gasteiger partial charge in [-0.1, -0.05) is 44.2 Å². The second-order valence-electron chi connectivity index (χ2n) is 6.42. The summed E-state index contributed by atoms with van der Waals surface area (Å²) in [6.45, 7) is 6.93. The number of hydrogen-bond donors (Lipinski definition) is 1. The smallest absolute Gasteiger partial charge is 0.270 e. The first-order valence-corrected chi connectivity index (χ1v) is 10.7. The second-order valence-corrected chi connectivity index (χ2v) is 7.50. The number of hydrogen-bond acceptors (Lipinski definition) is 3. The van der Waals surface area contributed by atoms with E-state index < -0.39 is 0 Å². The molecule has 0 radical (unpaired) electrons. The number of benzene rings is 1. The first-order valence-electron chi connectivity index (χ1n) is 9.72. The van der Waals surface area contributed by atoms with Crippen molar-refractivity contribution in [3.05, 3.63) is 53.2 Å². The van der Waals surface area contributed by atoms with Gasteiger partial charge in [0, 0.05) is 33.4 Å². The Hall–Kier alpha value is -2.21. The molecular formula is C21H29N3O2S. The van der Waals surface area contributed by atoms with Gasteiger partial charge in [-0.2, -0.15) is 0 Å². The number of fused-ring (bicyclic) bond motifs is 1. The zero-order chi connectivity index (χ0) is 19.2. The Morgan fingerprint density at radius 3 is 2.52 bits per heavy atom. The molecule has 0 bridgehead atoms. The molecule has 0 aliphatic carbocycles. The molecule has 146 valence electrons. The van der Waals surface area contributed by atoms with Crippen LogP contribution in [-0.2, 0) is 13.1 Å².